The van der Waals surface area contributed by atoms with Crippen LogP contribution >= 0.6 is 11.6 Å². The Morgan fingerprint density at radius 2 is 2.18 bits per heavy atom. The van der Waals surface area contributed by atoms with E-state index in [9.17, 15) is 4.79 Å². The van der Waals surface area contributed by atoms with E-state index in [0.29, 0.717) is 6.54 Å². The average molecular weight is 180 g/mol. The van der Waals surface area contributed by atoms with E-state index in [4.69, 9.17) is 11.6 Å². The molecular formula is C7H14ClNO2. The van der Waals surface area contributed by atoms with Crippen molar-refractivity contribution in [2.45, 2.75) is 26.8 Å². The van der Waals surface area contributed by atoms with Crippen LogP contribution in [0, 0.1) is 0 Å². The van der Waals surface area contributed by atoms with Gasteiger partial charge in [-0.15, -0.1) is 0 Å². The highest BCUT2D eigenvalue weighted by molar-refractivity contribution is 6.17. The largest absolute Gasteiger partial charge is 0.433 e. The number of alkyl halides is 1. The van der Waals surface area contributed by atoms with Crippen LogP contribution in [0.1, 0.15) is 20.8 Å². The number of halogens is 1. The molecule has 0 radical (unpaired) electrons. The van der Waals surface area contributed by atoms with E-state index in [1.165, 1.54) is 0 Å². The summed E-state index contributed by atoms with van der Waals surface area (Å²) >= 11 is 5.23. The van der Waals surface area contributed by atoms with Crippen molar-refractivity contribution in [3.8, 4) is 0 Å². The molecule has 0 spiro atoms. The zero-order valence-electron chi connectivity index (χ0n) is 7.13. The Morgan fingerprint density at radius 1 is 1.64 bits per heavy atom. The van der Waals surface area contributed by atoms with Crippen LogP contribution in [-0.2, 0) is 4.74 Å². The molecule has 0 N–H and O–H groups in total. The molecule has 1 amide bonds. The first-order valence-electron chi connectivity index (χ1n) is 3.62. The van der Waals surface area contributed by atoms with Gasteiger partial charge in [-0.1, -0.05) is 11.6 Å². The summed E-state index contributed by atoms with van der Waals surface area (Å²) in [6.07, 6.45) is -0.350. The van der Waals surface area contributed by atoms with Gasteiger partial charge in [-0.25, -0.2) is 4.79 Å². The monoisotopic (exact) mass is 179 g/mol. The molecule has 0 heterocycles. The third-order valence-electron chi connectivity index (χ3n) is 1.38. The number of carbonyl (C=O) groups is 1. The maximum Gasteiger partial charge on any atom is 0.411 e. The number of ether oxygens (including phenoxy) is 1. The second-order valence-corrected chi connectivity index (χ2v) is 2.62. The molecule has 0 saturated carbocycles. The number of carbonyl (C=O) groups excluding carboxylic acids is 1. The summed E-state index contributed by atoms with van der Waals surface area (Å²) < 4.78 is 4.61. The number of hydrogen-bond donors (Lipinski definition) is 0. The Morgan fingerprint density at radius 3 is 2.45 bits per heavy atom. The van der Waals surface area contributed by atoms with Crippen LogP contribution in [0.5, 0.6) is 0 Å². The summed E-state index contributed by atoms with van der Waals surface area (Å²) in [5.74, 6) is 0. The Kier molecular flexibility index (Phi) is 5.03. The minimum Gasteiger partial charge on any atom is -0.433 e. The van der Waals surface area contributed by atoms with E-state index in [1.807, 2.05) is 20.8 Å². The Labute approximate surface area is 72.3 Å². The summed E-state index contributed by atoms with van der Waals surface area (Å²) in [5.41, 5.74) is 0. The van der Waals surface area contributed by atoms with Gasteiger partial charge < -0.3 is 9.64 Å². The number of nitrogens with zero attached hydrogens (tertiary/aromatic N) is 1. The SMILES string of the molecule is CCN(C(=O)OCCl)C(C)C. The fourth-order valence-electron chi connectivity index (χ4n) is 0.835. The molecule has 4 heteroatoms. The summed E-state index contributed by atoms with van der Waals surface area (Å²) in [6, 6.07) is 0.0814. The normalized spacial score (nSPS) is 9.91. The minimum absolute atomic E-state index is 0.0813. The lowest BCUT2D eigenvalue weighted by Crippen LogP contribution is -2.36. The lowest BCUT2D eigenvalue weighted by atomic mass is 10.3. The van der Waals surface area contributed by atoms with E-state index in [0.717, 1.165) is 0 Å². The molecular weight excluding hydrogens is 166 g/mol. The standard InChI is InChI=1S/C7H14ClNO2/c1-4-9(6(2)3)7(10)11-5-8/h6H,4-5H2,1-3H3. The molecule has 0 aliphatic rings. The molecule has 0 aliphatic carbocycles. The lowest BCUT2D eigenvalue weighted by Gasteiger charge is -2.23. The van der Waals surface area contributed by atoms with E-state index in [1.54, 1.807) is 4.90 Å². The van der Waals surface area contributed by atoms with Crippen molar-refractivity contribution in [1.82, 2.24) is 4.90 Å². The Balaban J connectivity index is 3.92. The van der Waals surface area contributed by atoms with Gasteiger partial charge in [0.05, 0.1) is 0 Å². The van der Waals surface area contributed by atoms with Crippen molar-refractivity contribution in [2.75, 3.05) is 12.6 Å². The zero-order valence-corrected chi connectivity index (χ0v) is 7.89. The number of amides is 1. The summed E-state index contributed by atoms with van der Waals surface area (Å²) in [5, 5.41) is 0. The van der Waals surface area contributed by atoms with Crippen molar-refractivity contribution in [1.29, 1.82) is 0 Å². The quantitative estimate of drug-likeness (QED) is 0.621. The molecule has 0 unspecified atom stereocenters. The van der Waals surface area contributed by atoms with Crippen molar-refractivity contribution in [2.24, 2.45) is 0 Å². The predicted molar refractivity (Wildman–Crippen MR) is 44.7 cm³/mol. The van der Waals surface area contributed by atoms with Gasteiger partial charge >= 0.3 is 6.09 Å². The van der Waals surface area contributed by atoms with Crippen molar-refractivity contribution in [3.63, 3.8) is 0 Å². The van der Waals surface area contributed by atoms with E-state index in [-0.39, 0.29) is 18.2 Å². The second-order valence-electron chi connectivity index (χ2n) is 2.40. The van der Waals surface area contributed by atoms with Crippen molar-refractivity contribution < 1.29 is 9.53 Å². The Hall–Kier alpha value is -0.440. The zero-order chi connectivity index (χ0) is 8.85. The number of rotatable bonds is 3. The third-order valence-corrected chi connectivity index (χ3v) is 1.49. The van der Waals surface area contributed by atoms with Gasteiger partial charge in [0.15, 0.2) is 6.07 Å². The molecule has 3 nitrogen and oxygen atoms in total. The molecule has 0 rings (SSSR count). The predicted octanol–water partition coefficient (Wildman–Crippen LogP) is 2.05. The highest BCUT2D eigenvalue weighted by Gasteiger charge is 2.14. The van der Waals surface area contributed by atoms with Gasteiger partial charge in [0.1, 0.15) is 0 Å². The van der Waals surface area contributed by atoms with Gasteiger partial charge in [-0.2, -0.15) is 0 Å². The van der Waals surface area contributed by atoms with Crippen LogP contribution in [-0.4, -0.2) is 29.6 Å². The molecule has 0 aliphatic heterocycles. The summed E-state index contributed by atoms with van der Waals surface area (Å²) in [4.78, 5) is 12.6. The smallest absolute Gasteiger partial charge is 0.411 e. The third kappa shape index (κ3) is 3.46. The maximum absolute atomic E-state index is 11.0. The van der Waals surface area contributed by atoms with E-state index < -0.39 is 0 Å². The van der Waals surface area contributed by atoms with Gasteiger partial charge in [-0.05, 0) is 20.8 Å². The molecule has 0 fully saturated rings. The first kappa shape index (κ1) is 10.6. The molecule has 0 saturated heterocycles. The molecule has 0 aromatic heterocycles. The van der Waals surface area contributed by atoms with Crippen LogP contribution in [0.3, 0.4) is 0 Å². The second kappa shape index (κ2) is 5.24. The first-order chi connectivity index (χ1) is 5.13. The van der Waals surface area contributed by atoms with Crippen LogP contribution < -0.4 is 0 Å². The van der Waals surface area contributed by atoms with Gasteiger partial charge in [0, 0.05) is 12.6 Å². The van der Waals surface area contributed by atoms with Gasteiger partial charge in [0.25, 0.3) is 0 Å². The van der Waals surface area contributed by atoms with Crippen LogP contribution in [0.4, 0.5) is 4.79 Å². The van der Waals surface area contributed by atoms with E-state index >= 15 is 0 Å². The van der Waals surface area contributed by atoms with Crippen molar-refractivity contribution in [3.05, 3.63) is 0 Å². The molecule has 11 heavy (non-hydrogen) atoms. The van der Waals surface area contributed by atoms with Crippen LogP contribution in [0.25, 0.3) is 0 Å². The molecule has 0 aromatic rings. The van der Waals surface area contributed by atoms with E-state index in [2.05, 4.69) is 4.74 Å². The molecule has 66 valence electrons. The van der Waals surface area contributed by atoms with Gasteiger partial charge in [0.2, 0.25) is 0 Å². The molecule has 0 bridgehead atoms. The topological polar surface area (TPSA) is 29.5 Å². The summed E-state index contributed by atoms with van der Waals surface area (Å²) in [6.45, 7) is 6.40. The molecule has 0 aromatic carbocycles. The minimum atomic E-state index is -0.350. The fourth-order valence-corrected chi connectivity index (χ4v) is 0.928. The maximum atomic E-state index is 11.0. The summed E-state index contributed by atoms with van der Waals surface area (Å²) in [7, 11) is 0. The van der Waals surface area contributed by atoms with Crippen LogP contribution in [0.15, 0.2) is 0 Å². The fraction of sp³-hybridized carbons (Fsp3) is 0.857. The Bertz CT molecular complexity index is 128. The molecule has 0 atom stereocenters. The van der Waals surface area contributed by atoms with Gasteiger partial charge in [-0.3, -0.25) is 0 Å². The highest BCUT2D eigenvalue weighted by atomic mass is 35.5. The lowest BCUT2D eigenvalue weighted by molar-refractivity contribution is 0.108. The highest BCUT2D eigenvalue weighted by Crippen LogP contribution is 2.00. The van der Waals surface area contributed by atoms with Crippen LogP contribution in [0.2, 0.25) is 0 Å². The average Bonchev–Trinajstić information content (AvgIpc) is 1.88. The van der Waals surface area contributed by atoms with Crippen molar-refractivity contribution >= 4 is 17.7 Å². The first-order valence-corrected chi connectivity index (χ1v) is 4.16. The number of hydrogen-bond acceptors (Lipinski definition) is 2.